The summed E-state index contributed by atoms with van der Waals surface area (Å²) in [4.78, 5) is 12.6. The Morgan fingerprint density at radius 2 is 1.86 bits per heavy atom. The van der Waals surface area contributed by atoms with Crippen molar-refractivity contribution in [2.45, 2.75) is 38.9 Å². The molecule has 1 fully saturated rings. The normalized spacial score (nSPS) is 22.5. The molecular weight excluding hydrogens is 284 g/mol. The van der Waals surface area contributed by atoms with Gasteiger partial charge in [-0.2, -0.15) is 0 Å². The Morgan fingerprint density at radius 1 is 1.23 bits per heavy atom. The summed E-state index contributed by atoms with van der Waals surface area (Å²) in [6, 6.07) is 6.21. The molecule has 1 aliphatic heterocycles. The second-order valence-corrected chi connectivity index (χ2v) is 5.82. The third-order valence-electron chi connectivity index (χ3n) is 3.68. The molecule has 0 radical (unpaired) electrons. The molecule has 0 aliphatic carbocycles. The minimum Gasteiger partial charge on any atom is -0.494 e. The van der Waals surface area contributed by atoms with Crippen LogP contribution >= 0.6 is 0 Å². The molecule has 1 aliphatic rings. The molecule has 0 unspecified atom stereocenters. The zero-order valence-electron chi connectivity index (χ0n) is 13.2. The van der Waals surface area contributed by atoms with Crippen LogP contribution in [0.1, 0.15) is 26.7 Å². The molecule has 122 valence electrons. The van der Waals surface area contributed by atoms with Gasteiger partial charge in [-0.1, -0.05) is 0 Å². The van der Waals surface area contributed by atoms with Crippen LogP contribution in [0.3, 0.4) is 0 Å². The molecule has 6 nitrogen and oxygen atoms in total. The zero-order chi connectivity index (χ0) is 15.9. The lowest BCUT2D eigenvalue weighted by molar-refractivity contribution is -0.384. The largest absolute Gasteiger partial charge is 0.494 e. The van der Waals surface area contributed by atoms with Crippen LogP contribution in [0.15, 0.2) is 24.3 Å². The van der Waals surface area contributed by atoms with Crippen LogP contribution < -0.4 is 4.74 Å². The molecule has 0 saturated carbocycles. The first-order valence-electron chi connectivity index (χ1n) is 7.79. The molecule has 0 aromatic heterocycles. The molecular formula is C16H24N2O4. The highest BCUT2D eigenvalue weighted by Gasteiger charge is 2.21. The van der Waals surface area contributed by atoms with Crippen molar-refractivity contribution < 1.29 is 14.4 Å². The van der Waals surface area contributed by atoms with E-state index < -0.39 is 4.92 Å². The minimum absolute atomic E-state index is 0.0860. The van der Waals surface area contributed by atoms with E-state index in [2.05, 4.69) is 18.7 Å². The number of ether oxygens (including phenoxy) is 2. The third kappa shape index (κ3) is 5.27. The monoisotopic (exact) mass is 308 g/mol. The second-order valence-electron chi connectivity index (χ2n) is 5.82. The Hall–Kier alpha value is -1.66. The maximum absolute atomic E-state index is 10.6. The average Bonchev–Trinajstić information content (AvgIpc) is 2.46. The fourth-order valence-electron chi connectivity index (χ4n) is 2.76. The smallest absolute Gasteiger partial charge is 0.269 e. The molecule has 2 atom stereocenters. The summed E-state index contributed by atoms with van der Waals surface area (Å²) in [7, 11) is 0. The van der Waals surface area contributed by atoms with Crippen molar-refractivity contribution in [2.24, 2.45) is 0 Å². The van der Waals surface area contributed by atoms with Crippen molar-refractivity contribution in [1.82, 2.24) is 4.90 Å². The van der Waals surface area contributed by atoms with Crippen molar-refractivity contribution in [3.63, 3.8) is 0 Å². The van der Waals surface area contributed by atoms with Gasteiger partial charge in [0, 0.05) is 25.2 Å². The SMILES string of the molecule is C[C@H]1CN(CCCCOc2ccc([N+](=O)[O-])cc2)C[C@H](C)O1. The van der Waals surface area contributed by atoms with E-state index in [0.29, 0.717) is 24.6 Å². The van der Waals surface area contributed by atoms with Crippen molar-refractivity contribution in [3.05, 3.63) is 34.4 Å². The number of hydrogen-bond acceptors (Lipinski definition) is 5. The predicted octanol–water partition coefficient (Wildman–Crippen LogP) is 2.86. The first-order valence-corrected chi connectivity index (χ1v) is 7.79. The van der Waals surface area contributed by atoms with Crippen LogP contribution in [0, 0.1) is 10.1 Å². The molecule has 22 heavy (non-hydrogen) atoms. The number of nitro benzene ring substituents is 1. The maximum Gasteiger partial charge on any atom is 0.269 e. The highest BCUT2D eigenvalue weighted by Crippen LogP contribution is 2.17. The predicted molar refractivity (Wildman–Crippen MR) is 84.3 cm³/mol. The van der Waals surface area contributed by atoms with Gasteiger partial charge in [0.15, 0.2) is 0 Å². The fraction of sp³-hybridized carbons (Fsp3) is 0.625. The molecule has 0 amide bonds. The van der Waals surface area contributed by atoms with E-state index in [1.807, 2.05) is 0 Å². The highest BCUT2D eigenvalue weighted by atomic mass is 16.6. The van der Waals surface area contributed by atoms with Gasteiger partial charge in [-0.3, -0.25) is 15.0 Å². The van der Waals surface area contributed by atoms with Crippen LogP contribution in [-0.2, 0) is 4.74 Å². The van der Waals surface area contributed by atoms with Crippen LogP contribution in [0.5, 0.6) is 5.75 Å². The van der Waals surface area contributed by atoms with Gasteiger partial charge >= 0.3 is 0 Å². The van der Waals surface area contributed by atoms with Crippen molar-refractivity contribution in [3.8, 4) is 5.75 Å². The first kappa shape index (κ1) is 16.7. The molecule has 1 saturated heterocycles. The summed E-state index contributed by atoms with van der Waals surface area (Å²) < 4.78 is 11.3. The topological polar surface area (TPSA) is 64.8 Å². The van der Waals surface area contributed by atoms with Crippen LogP contribution in [-0.4, -0.2) is 48.3 Å². The standard InChI is InChI=1S/C16H24N2O4/c1-13-11-17(12-14(2)22-13)9-3-4-10-21-16-7-5-15(6-8-16)18(19)20/h5-8,13-14H,3-4,9-12H2,1-2H3/t13-,14-/m0/s1. The van der Waals surface area contributed by atoms with Gasteiger partial charge in [0.1, 0.15) is 5.75 Å². The Bertz CT molecular complexity index is 468. The van der Waals surface area contributed by atoms with Gasteiger partial charge in [-0.05, 0) is 45.4 Å². The lowest BCUT2D eigenvalue weighted by Crippen LogP contribution is -2.45. The number of rotatable bonds is 7. The van der Waals surface area contributed by atoms with E-state index in [-0.39, 0.29) is 5.69 Å². The summed E-state index contributed by atoms with van der Waals surface area (Å²) in [5, 5.41) is 10.6. The number of benzene rings is 1. The van der Waals surface area contributed by atoms with Crippen LogP contribution in [0.2, 0.25) is 0 Å². The Balaban J connectivity index is 1.62. The summed E-state index contributed by atoms with van der Waals surface area (Å²) in [6.45, 7) is 7.90. The first-order chi connectivity index (χ1) is 10.5. The number of hydrogen-bond donors (Lipinski definition) is 0. The highest BCUT2D eigenvalue weighted by molar-refractivity contribution is 5.35. The van der Waals surface area contributed by atoms with Gasteiger partial charge in [-0.15, -0.1) is 0 Å². The summed E-state index contributed by atoms with van der Waals surface area (Å²) in [6.07, 6.45) is 2.66. The number of nitro groups is 1. The van der Waals surface area contributed by atoms with Gasteiger partial charge < -0.3 is 9.47 Å². The molecule has 0 bridgehead atoms. The molecule has 0 N–H and O–H groups in total. The van der Waals surface area contributed by atoms with E-state index in [1.165, 1.54) is 12.1 Å². The average molecular weight is 308 g/mol. The fourth-order valence-corrected chi connectivity index (χ4v) is 2.76. The van der Waals surface area contributed by atoms with Gasteiger partial charge in [-0.25, -0.2) is 0 Å². The number of nitrogens with zero attached hydrogens (tertiary/aromatic N) is 2. The summed E-state index contributed by atoms with van der Waals surface area (Å²) >= 11 is 0. The van der Waals surface area contributed by atoms with E-state index in [0.717, 1.165) is 32.5 Å². The second kappa shape index (κ2) is 8.10. The molecule has 1 aromatic carbocycles. The molecule has 1 heterocycles. The van der Waals surface area contributed by atoms with E-state index in [9.17, 15) is 10.1 Å². The molecule has 0 spiro atoms. The Labute approximate surface area is 131 Å². The molecule has 1 aromatic rings. The Morgan fingerprint density at radius 3 is 2.45 bits per heavy atom. The molecule has 2 rings (SSSR count). The lowest BCUT2D eigenvalue weighted by atomic mass is 10.2. The van der Waals surface area contributed by atoms with E-state index in [1.54, 1.807) is 12.1 Å². The van der Waals surface area contributed by atoms with Crippen molar-refractivity contribution >= 4 is 5.69 Å². The maximum atomic E-state index is 10.6. The van der Waals surface area contributed by atoms with Gasteiger partial charge in [0.05, 0.1) is 23.7 Å². The summed E-state index contributed by atoms with van der Waals surface area (Å²) in [5.41, 5.74) is 0.0860. The summed E-state index contributed by atoms with van der Waals surface area (Å²) in [5.74, 6) is 0.680. The van der Waals surface area contributed by atoms with Crippen molar-refractivity contribution in [1.29, 1.82) is 0 Å². The van der Waals surface area contributed by atoms with E-state index in [4.69, 9.17) is 9.47 Å². The lowest BCUT2D eigenvalue weighted by Gasteiger charge is -2.35. The number of non-ortho nitro benzene ring substituents is 1. The molecule has 6 heteroatoms. The minimum atomic E-state index is -0.409. The quantitative estimate of drug-likeness (QED) is 0.440. The van der Waals surface area contributed by atoms with Crippen LogP contribution in [0.4, 0.5) is 5.69 Å². The number of morpholine rings is 1. The van der Waals surface area contributed by atoms with Crippen LogP contribution in [0.25, 0.3) is 0 Å². The third-order valence-corrected chi connectivity index (χ3v) is 3.68. The van der Waals surface area contributed by atoms with Crippen molar-refractivity contribution in [2.75, 3.05) is 26.2 Å². The van der Waals surface area contributed by atoms with E-state index >= 15 is 0 Å². The number of unbranched alkanes of at least 4 members (excludes halogenated alkanes) is 1. The Kier molecular flexibility index (Phi) is 6.15. The zero-order valence-corrected chi connectivity index (χ0v) is 13.2. The van der Waals surface area contributed by atoms with Gasteiger partial charge in [0.2, 0.25) is 0 Å². The van der Waals surface area contributed by atoms with Gasteiger partial charge in [0.25, 0.3) is 5.69 Å².